The van der Waals surface area contributed by atoms with Gasteiger partial charge in [-0.1, -0.05) is 19.8 Å². The summed E-state index contributed by atoms with van der Waals surface area (Å²) in [5.74, 6) is 0.670. The lowest BCUT2D eigenvalue weighted by Gasteiger charge is -2.35. The van der Waals surface area contributed by atoms with Crippen LogP contribution in [-0.2, 0) is 12.6 Å². The molecule has 2 unspecified atom stereocenters. The minimum absolute atomic E-state index is 0.618. The van der Waals surface area contributed by atoms with E-state index in [0.717, 1.165) is 24.8 Å². The van der Waals surface area contributed by atoms with Crippen molar-refractivity contribution in [1.29, 1.82) is 0 Å². The van der Waals surface area contributed by atoms with Crippen LogP contribution in [-0.4, -0.2) is 14.9 Å². The largest absolute Gasteiger partial charge is 0.385 e. The Morgan fingerprint density at radius 3 is 3.07 bits per heavy atom. The SMILES string of the molecule is CCC1CCCC(O)(c2cnn(C)c2)C1. The third-order valence-electron chi connectivity index (χ3n) is 3.65. The second-order valence-electron chi connectivity index (χ2n) is 4.80. The molecule has 0 saturated heterocycles. The summed E-state index contributed by atoms with van der Waals surface area (Å²) in [6.45, 7) is 2.21. The molecule has 3 heteroatoms. The Labute approximate surface area is 91.1 Å². The third-order valence-corrected chi connectivity index (χ3v) is 3.65. The Balaban J connectivity index is 2.18. The van der Waals surface area contributed by atoms with Crippen LogP contribution in [0.15, 0.2) is 12.4 Å². The molecule has 0 radical (unpaired) electrons. The van der Waals surface area contributed by atoms with Crippen LogP contribution in [0.1, 0.15) is 44.6 Å². The lowest BCUT2D eigenvalue weighted by atomic mass is 9.74. The first-order chi connectivity index (χ1) is 7.14. The van der Waals surface area contributed by atoms with Gasteiger partial charge >= 0.3 is 0 Å². The van der Waals surface area contributed by atoms with Crippen LogP contribution in [0.25, 0.3) is 0 Å². The molecular formula is C12H20N2O. The van der Waals surface area contributed by atoms with Gasteiger partial charge in [0.25, 0.3) is 0 Å². The fourth-order valence-corrected chi connectivity index (χ4v) is 2.64. The molecule has 1 aliphatic carbocycles. The number of hydrogen-bond donors (Lipinski definition) is 1. The van der Waals surface area contributed by atoms with E-state index in [9.17, 15) is 5.11 Å². The molecule has 0 spiro atoms. The van der Waals surface area contributed by atoms with Gasteiger partial charge in [-0.3, -0.25) is 4.68 Å². The number of rotatable bonds is 2. The molecule has 1 N–H and O–H groups in total. The zero-order valence-electron chi connectivity index (χ0n) is 9.61. The summed E-state index contributed by atoms with van der Waals surface area (Å²) < 4.78 is 1.77. The first-order valence-corrected chi connectivity index (χ1v) is 5.85. The summed E-state index contributed by atoms with van der Waals surface area (Å²) in [6, 6.07) is 0. The van der Waals surface area contributed by atoms with E-state index < -0.39 is 5.60 Å². The maximum absolute atomic E-state index is 10.6. The van der Waals surface area contributed by atoms with E-state index in [-0.39, 0.29) is 0 Å². The van der Waals surface area contributed by atoms with Crippen molar-refractivity contribution in [2.45, 2.75) is 44.6 Å². The Hall–Kier alpha value is -0.830. The molecule has 84 valence electrons. The highest BCUT2D eigenvalue weighted by Gasteiger charge is 2.35. The molecule has 15 heavy (non-hydrogen) atoms. The molecule has 1 aromatic rings. The summed E-state index contributed by atoms with van der Waals surface area (Å²) in [5.41, 5.74) is 0.371. The zero-order valence-corrected chi connectivity index (χ0v) is 9.61. The third kappa shape index (κ3) is 2.07. The lowest BCUT2D eigenvalue weighted by Crippen LogP contribution is -2.32. The molecule has 1 saturated carbocycles. The van der Waals surface area contributed by atoms with Crippen molar-refractivity contribution in [3.63, 3.8) is 0 Å². The van der Waals surface area contributed by atoms with Gasteiger partial charge in [-0.05, 0) is 25.2 Å². The molecule has 2 rings (SSSR count). The van der Waals surface area contributed by atoms with E-state index in [4.69, 9.17) is 0 Å². The van der Waals surface area contributed by atoms with Gasteiger partial charge in [-0.15, -0.1) is 0 Å². The van der Waals surface area contributed by atoms with Crippen molar-refractivity contribution in [2.75, 3.05) is 0 Å². The minimum atomic E-state index is -0.618. The van der Waals surface area contributed by atoms with E-state index >= 15 is 0 Å². The fraction of sp³-hybridized carbons (Fsp3) is 0.750. The molecular weight excluding hydrogens is 188 g/mol. The fourth-order valence-electron chi connectivity index (χ4n) is 2.64. The van der Waals surface area contributed by atoms with E-state index in [1.165, 1.54) is 12.8 Å². The Morgan fingerprint density at radius 2 is 2.47 bits per heavy atom. The van der Waals surface area contributed by atoms with Crippen LogP contribution in [0.4, 0.5) is 0 Å². The normalized spacial score (nSPS) is 31.8. The topological polar surface area (TPSA) is 38.1 Å². The second kappa shape index (κ2) is 3.97. The smallest absolute Gasteiger partial charge is 0.0929 e. The van der Waals surface area contributed by atoms with Crippen LogP contribution < -0.4 is 0 Å². The van der Waals surface area contributed by atoms with Gasteiger partial charge in [0.2, 0.25) is 0 Å². The van der Waals surface area contributed by atoms with Crippen molar-refractivity contribution < 1.29 is 5.11 Å². The summed E-state index contributed by atoms with van der Waals surface area (Å²) in [5, 5.41) is 14.7. The van der Waals surface area contributed by atoms with Crippen molar-refractivity contribution in [3.8, 4) is 0 Å². The van der Waals surface area contributed by atoms with Crippen LogP contribution in [0.5, 0.6) is 0 Å². The average molecular weight is 208 g/mol. The van der Waals surface area contributed by atoms with E-state index in [0.29, 0.717) is 5.92 Å². The number of aliphatic hydroxyl groups is 1. The maximum Gasteiger partial charge on any atom is 0.0929 e. The molecule has 1 aromatic heterocycles. The first kappa shape index (κ1) is 10.7. The number of aromatic nitrogens is 2. The summed E-state index contributed by atoms with van der Waals surface area (Å²) >= 11 is 0. The molecule has 2 atom stereocenters. The molecule has 0 amide bonds. The molecule has 0 aromatic carbocycles. The van der Waals surface area contributed by atoms with Gasteiger partial charge in [0.15, 0.2) is 0 Å². The second-order valence-corrected chi connectivity index (χ2v) is 4.80. The Kier molecular flexibility index (Phi) is 2.83. The maximum atomic E-state index is 10.6. The number of nitrogens with zero attached hydrogens (tertiary/aromatic N) is 2. The van der Waals surface area contributed by atoms with Gasteiger partial charge in [0.1, 0.15) is 0 Å². The zero-order chi connectivity index (χ0) is 10.9. The van der Waals surface area contributed by atoms with Crippen LogP contribution >= 0.6 is 0 Å². The van der Waals surface area contributed by atoms with Gasteiger partial charge < -0.3 is 5.11 Å². The minimum Gasteiger partial charge on any atom is -0.385 e. The predicted molar refractivity (Wildman–Crippen MR) is 59.4 cm³/mol. The van der Waals surface area contributed by atoms with Crippen molar-refractivity contribution >= 4 is 0 Å². The average Bonchev–Trinajstić information content (AvgIpc) is 2.65. The quantitative estimate of drug-likeness (QED) is 0.809. The molecule has 1 aliphatic rings. The Morgan fingerprint density at radius 1 is 1.67 bits per heavy atom. The number of hydrogen-bond acceptors (Lipinski definition) is 2. The van der Waals surface area contributed by atoms with Crippen molar-refractivity contribution in [2.24, 2.45) is 13.0 Å². The van der Waals surface area contributed by atoms with Crippen molar-refractivity contribution in [3.05, 3.63) is 18.0 Å². The molecule has 0 aliphatic heterocycles. The summed E-state index contributed by atoms with van der Waals surface area (Å²) in [7, 11) is 1.90. The van der Waals surface area contributed by atoms with Gasteiger partial charge in [0, 0.05) is 18.8 Å². The standard InChI is InChI=1S/C12H20N2O/c1-3-10-5-4-6-12(15,7-10)11-8-13-14(2)9-11/h8-10,15H,3-7H2,1-2H3. The molecule has 0 bridgehead atoms. The Bertz CT molecular complexity index is 334. The van der Waals surface area contributed by atoms with E-state index in [1.54, 1.807) is 10.9 Å². The molecule has 1 heterocycles. The van der Waals surface area contributed by atoms with Crippen LogP contribution in [0, 0.1) is 5.92 Å². The van der Waals surface area contributed by atoms with Crippen LogP contribution in [0.3, 0.4) is 0 Å². The van der Waals surface area contributed by atoms with Gasteiger partial charge in [-0.25, -0.2) is 0 Å². The highest BCUT2D eigenvalue weighted by molar-refractivity contribution is 5.16. The summed E-state index contributed by atoms with van der Waals surface area (Å²) in [4.78, 5) is 0. The van der Waals surface area contributed by atoms with Gasteiger partial charge in [-0.2, -0.15) is 5.10 Å². The lowest BCUT2D eigenvalue weighted by molar-refractivity contribution is -0.0217. The monoisotopic (exact) mass is 208 g/mol. The number of aryl methyl sites for hydroxylation is 1. The van der Waals surface area contributed by atoms with Crippen LogP contribution in [0.2, 0.25) is 0 Å². The predicted octanol–water partition coefficient (Wildman–Crippen LogP) is 2.21. The molecule has 1 fully saturated rings. The summed E-state index contributed by atoms with van der Waals surface area (Å²) in [6.07, 6.45) is 9.09. The van der Waals surface area contributed by atoms with Crippen molar-refractivity contribution in [1.82, 2.24) is 9.78 Å². The highest BCUT2D eigenvalue weighted by Crippen LogP contribution is 2.40. The van der Waals surface area contributed by atoms with E-state index in [2.05, 4.69) is 12.0 Å². The molecule has 3 nitrogen and oxygen atoms in total. The van der Waals surface area contributed by atoms with E-state index in [1.807, 2.05) is 13.2 Å². The highest BCUT2D eigenvalue weighted by atomic mass is 16.3. The van der Waals surface area contributed by atoms with Gasteiger partial charge in [0.05, 0.1) is 11.8 Å². The first-order valence-electron chi connectivity index (χ1n) is 5.85.